The molecule has 1 aliphatic rings. The van der Waals surface area contributed by atoms with Crippen LogP contribution in [0.25, 0.3) is 11.4 Å². The zero-order chi connectivity index (χ0) is 26.3. The van der Waals surface area contributed by atoms with Gasteiger partial charge in [-0.05, 0) is 30.3 Å². The molecule has 192 valence electrons. The van der Waals surface area contributed by atoms with Crippen LogP contribution in [-0.2, 0) is 15.8 Å². The Morgan fingerprint density at radius 2 is 2.00 bits per heavy atom. The number of pyridine rings is 1. The quantitative estimate of drug-likeness (QED) is 0.373. The maximum absolute atomic E-state index is 13.0. The summed E-state index contributed by atoms with van der Waals surface area (Å²) in [6.07, 6.45) is 0.0747. The van der Waals surface area contributed by atoms with Crippen molar-refractivity contribution in [1.29, 1.82) is 0 Å². The molecule has 0 saturated carbocycles. The van der Waals surface area contributed by atoms with Crippen LogP contribution in [0.15, 0.2) is 48.9 Å². The second-order valence-electron chi connectivity index (χ2n) is 8.13. The lowest BCUT2D eigenvalue weighted by Gasteiger charge is -2.32. The number of nitrogens with zero attached hydrogens (tertiary/aromatic N) is 4. The molecule has 1 aliphatic heterocycles. The number of H-pyrrole nitrogens is 1. The first-order chi connectivity index (χ1) is 17.8. The Hall–Kier alpha value is -4.37. The van der Waals surface area contributed by atoms with Gasteiger partial charge in [-0.25, -0.2) is 4.98 Å². The lowest BCUT2D eigenvalue weighted by molar-refractivity contribution is -0.140. The van der Waals surface area contributed by atoms with E-state index in [-0.39, 0.29) is 11.5 Å². The SMILES string of the molecule is O=CN1CCN(CCOc2ccc(-c3ncc(C(F)(F)F)[nH]3)cc2NC(=O)C#Cc2cccnc2)CC1. The first-order valence-corrected chi connectivity index (χ1v) is 11.4. The van der Waals surface area contributed by atoms with Crippen molar-refractivity contribution in [3.63, 3.8) is 0 Å². The number of hydrogen-bond donors (Lipinski definition) is 2. The Balaban J connectivity index is 1.50. The van der Waals surface area contributed by atoms with Crippen LogP contribution in [0.4, 0.5) is 18.9 Å². The van der Waals surface area contributed by atoms with E-state index in [1.807, 2.05) is 0 Å². The number of hydrogen-bond acceptors (Lipinski definition) is 6. The van der Waals surface area contributed by atoms with Gasteiger partial charge in [0.2, 0.25) is 6.41 Å². The molecular weight excluding hydrogens is 489 g/mol. The molecule has 2 N–H and O–H groups in total. The zero-order valence-corrected chi connectivity index (χ0v) is 19.6. The van der Waals surface area contributed by atoms with Gasteiger partial charge in [0.05, 0.1) is 11.9 Å². The monoisotopic (exact) mass is 512 g/mol. The molecule has 12 heteroatoms. The summed E-state index contributed by atoms with van der Waals surface area (Å²) >= 11 is 0. The molecular formula is C25H23F3N6O3. The van der Waals surface area contributed by atoms with E-state index in [9.17, 15) is 22.8 Å². The molecule has 0 spiro atoms. The number of imidazole rings is 1. The number of alkyl halides is 3. The minimum Gasteiger partial charge on any atom is -0.490 e. The lowest BCUT2D eigenvalue weighted by atomic mass is 10.1. The van der Waals surface area contributed by atoms with Gasteiger partial charge in [0.1, 0.15) is 23.9 Å². The molecule has 2 aromatic heterocycles. The second kappa shape index (κ2) is 11.6. The Morgan fingerprint density at radius 3 is 2.68 bits per heavy atom. The van der Waals surface area contributed by atoms with Gasteiger partial charge in [0, 0.05) is 62.2 Å². The number of amides is 2. The van der Waals surface area contributed by atoms with Gasteiger partial charge < -0.3 is 19.9 Å². The average molecular weight is 512 g/mol. The summed E-state index contributed by atoms with van der Waals surface area (Å²) < 4.78 is 44.9. The zero-order valence-electron chi connectivity index (χ0n) is 19.6. The largest absolute Gasteiger partial charge is 0.490 e. The molecule has 2 amide bonds. The third-order valence-corrected chi connectivity index (χ3v) is 5.59. The fraction of sp³-hybridized carbons (Fsp3) is 0.280. The van der Waals surface area contributed by atoms with Gasteiger partial charge in [-0.2, -0.15) is 13.2 Å². The predicted octanol–water partition coefficient (Wildman–Crippen LogP) is 2.63. The van der Waals surface area contributed by atoms with Crippen LogP contribution in [0.1, 0.15) is 11.3 Å². The highest BCUT2D eigenvalue weighted by molar-refractivity contribution is 6.05. The highest BCUT2D eigenvalue weighted by Crippen LogP contribution is 2.32. The minimum absolute atomic E-state index is 0.0103. The second-order valence-corrected chi connectivity index (χ2v) is 8.13. The Labute approximate surface area is 210 Å². The smallest absolute Gasteiger partial charge is 0.432 e. The molecule has 0 unspecified atom stereocenters. The summed E-state index contributed by atoms with van der Waals surface area (Å²) in [7, 11) is 0. The molecule has 0 bridgehead atoms. The van der Waals surface area contributed by atoms with Gasteiger partial charge in [0.25, 0.3) is 0 Å². The van der Waals surface area contributed by atoms with Crippen molar-refractivity contribution < 1.29 is 27.5 Å². The minimum atomic E-state index is -4.57. The number of carbonyl (C=O) groups is 2. The predicted molar refractivity (Wildman–Crippen MR) is 128 cm³/mol. The molecule has 1 fully saturated rings. The molecule has 3 heterocycles. The third kappa shape index (κ3) is 7.08. The van der Waals surface area contributed by atoms with E-state index in [4.69, 9.17) is 4.74 Å². The van der Waals surface area contributed by atoms with E-state index >= 15 is 0 Å². The Morgan fingerprint density at radius 1 is 1.19 bits per heavy atom. The highest BCUT2D eigenvalue weighted by atomic mass is 19.4. The van der Waals surface area contributed by atoms with E-state index in [2.05, 4.69) is 37.0 Å². The molecule has 0 radical (unpaired) electrons. The number of rotatable bonds is 7. The maximum Gasteiger partial charge on any atom is 0.432 e. The number of piperazine rings is 1. The first kappa shape index (κ1) is 25.7. The van der Waals surface area contributed by atoms with Crippen molar-refractivity contribution in [3.05, 3.63) is 60.2 Å². The summed E-state index contributed by atoms with van der Waals surface area (Å²) in [6, 6.07) is 7.97. The van der Waals surface area contributed by atoms with Crippen molar-refractivity contribution in [2.24, 2.45) is 0 Å². The summed E-state index contributed by atoms with van der Waals surface area (Å²) in [4.78, 5) is 37.3. The van der Waals surface area contributed by atoms with Gasteiger partial charge in [-0.1, -0.05) is 5.92 Å². The van der Waals surface area contributed by atoms with Gasteiger partial charge in [-0.3, -0.25) is 19.5 Å². The number of carbonyl (C=O) groups excluding carboxylic acids is 2. The maximum atomic E-state index is 13.0. The Kier molecular flexibility index (Phi) is 8.05. The molecule has 3 aromatic rings. The molecule has 0 aliphatic carbocycles. The van der Waals surface area contributed by atoms with E-state index in [1.54, 1.807) is 35.4 Å². The van der Waals surface area contributed by atoms with Crippen molar-refractivity contribution in [1.82, 2.24) is 24.8 Å². The number of benzene rings is 1. The fourth-order valence-electron chi connectivity index (χ4n) is 3.61. The molecule has 37 heavy (non-hydrogen) atoms. The van der Waals surface area contributed by atoms with Crippen molar-refractivity contribution in [2.75, 3.05) is 44.6 Å². The van der Waals surface area contributed by atoms with E-state index in [0.717, 1.165) is 6.41 Å². The molecule has 9 nitrogen and oxygen atoms in total. The summed E-state index contributed by atoms with van der Waals surface area (Å²) in [6.45, 7) is 3.60. The Bertz CT molecular complexity index is 1290. The van der Waals surface area contributed by atoms with Gasteiger partial charge in [-0.15, -0.1) is 0 Å². The van der Waals surface area contributed by atoms with Crippen LogP contribution in [0.2, 0.25) is 0 Å². The summed E-state index contributed by atoms with van der Waals surface area (Å²) in [5.41, 5.74) is 0.125. The van der Waals surface area contributed by atoms with Crippen LogP contribution in [0, 0.1) is 11.8 Å². The van der Waals surface area contributed by atoms with Crippen LogP contribution in [-0.4, -0.2) is 76.4 Å². The first-order valence-electron chi connectivity index (χ1n) is 11.4. The van der Waals surface area contributed by atoms with Crippen LogP contribution in [0.3, 0.4) is 0 Å². The topological polar surface area (TPSA) is 103 Å². The average Bonchev–Trinajstić information content (AvgIpc) is 3.41. The highest BCUT2D eigenvalue weighted by Gasteiger charge is 2.33. The number of aromatic nitrogens is 3. The number of nitrogens with one attached hydrogen (secondary N) is 2. The van der Waals surface area contributed by atoms with E-state index in [0.29, 0.717) is 62.4 Å². The molecule has 1 aromatic carbocycles. The van der Waals surface area contributed by atoms with Crippen molar-refractivity contribution >= 4 is 18.0 Å². The molecule has 4 rings (SSSR count). The lowest BCUT2D eigenvalue weighted by Crippen LogP contribution is -2.46. The number of aromatic amines is 1. The van der Waals surface area contributed by atoms with E-state index < -0.39 is 17.8 Å². The van der Waals surface area contributed by atoms with Gasteiger partial charge >= 0.3 is 12.1 Å². The summed E-state index contributed by atoms with van der Waals surface area (Å²) in [5, 5.41) is 2.65. The number of halogens is 3. The van der Waals surface area contributed by atoms with Crippen molar-refractivity contribution in [3.8, 4) is 29.0 Å². The summed E-state index contributed by atoms with van der Waals surface area (Å²) in [5.74, 6) is 4.85. The molecule has 1 saturated heterocycles. The van der Waals surface area contributed by atoms with Crippen LogP contribution < -0.4 is 10.1 Å². The fourth-order valence-corrected chi connectivity index (χ4v) is 3.61. The third-order valence-electron chi connectivity index (χ3n) is 5.59. The normalized spacial score (nSPS) is 14.0. The van der Waals surface area contributed by atoms with Crippen molar-refractivity contribution in [2.45, 2.75) is 6.18 Å². The van der Waals surface area contributed by atoms with Gasteiger partial charge in [0.15, 0.2) is 0 Å². The van der Waals surface area contributed by atoms with Crippen LogP contribution >= 0.6 is 0 Å². The number of ether oxygens (including phenoxy) is 1. The van der Waals surface area contributed by atoms with Crippen LogP contribution in [0.5, 0.6) is 5.75 Å². The standard InChI is InChI=1S/C25H23F3N6O3/c26-25(27,28)22-16-30-24(32-22)19-4-5-21(37-13-12-33-8-10-34(17-35)11-9-33)20(14-19)31-23(36)6-3-18-2-1-7-29-15-18/h1-2,4-5,7,14-17H,8-13H2,(H,30,32)(H,31,36). The van der Waals surface area contributed by atoms with E-state index in [1.165, 1.54) is 12.3 Å². The number of anilines is 1. The molecule has 0 atom stereocenters.